The van der Waals surface area contributed by atoms with E-state index in [9.17, 15) is 14.7 Å². The fourth-order valence-corrected chi connectivity index (χ4v) is 8.32. The highest BCUT2D eigenvalue weighted by Gasteiger charge is 2.38. The molecule has 7 nitrogen and oxygen atoms in total. The number of hydrogen-bond donors (Lipinski definition) is 2. The summed E-state index contributed by atoms with van der Waals surface area (Å²) < 4.78 is 1.53. The second kappa shape index (κ2) is 11.5. The Morgan fingerprint density at radius 3 is 2.67 bits per heavy atom. The van der Waals surface area contributed by atoms with Crippen molar-refractivity contribution in [2.24, 2.45) is 5.92 Å². The number of benzene rings is 2. The molecule has 2 atom stereocenters. The highest BCUT2D eigenvalue weighted by molar-refractivity contribution is 7.15. The molecule has 4 aromatic rings. The van der Waals surface area contributed by atoms with Crippen LogP contribution in [0.5, 0.6) is 0 Å². The van der Waals surface area contributed by atoms with E-state index in [0.29, 0.717) is 55.2 Å². The lowest BCUT2D eigenvalue weighted by Gasteiger charge is -2.39. The highest BCUT2D eigenvalue weighted by Crippen LogP contribution is 2.45. The van der Waals surface area contributed by atoms with E-state index in [0.717, 1.165) is 28.3 Å². The molecule has 0 radical (unpaired) electrons. The molecule has 2 aliphatic carbocycles. The SMILES string of the molecule is CNC1Cc2cc(-c3scc4c(=O)n(CC5(O)CCN(C(=O)CC(c6ccccc6)C6CC6)CC5)cnc34)cc(Cl)c2C1. The molecular weight excluding hydrogens is 580 g/mol. The molecule has 224 valence electrons. The number of nitrogens with one attached hydrogen (secondary N) is 1. The Bertz CT molecular complexity index is 1720. The van der Waals surface area contributed by atoms with Gasteiger partial charge in [0.05, 0.1) is 34.3 Å². The maximum absolute atomic E-state index is 13.5. The summed E-state index contributed by atoms with van der Waals surface area (Å²) in [7, 11) is 1.98. The van der Waals surface area contributed by atoms with Crippen LogP contribution in [-0.2, 0) is 24.2 Å². The number of likely N-dealkylation sites (N-methyl/N-ethyl adjacent to an activating group) is 1. The van der Waals surface area contributed by atoms with Crippen LogP contribution in [0.25, 0.3) is 21.3 Å². The second-order valence-electron chi connectivity index (χ2n) is 12.7. The number of piperidine rings is 1. The third-order valence-electron chi connectivity index (χ3n) is 9.78. The first kappa shape index (κ1) is 28.7. The average molecular weight is 617 g/mol. The van der Waals surface area contributed by atoms with Gasteiger partial charge in [0.15, 0.2) is 0 Å². The van der Waals surface area contributed by atoms with Crippen LogP contribution in [0.15, 0.2) is 59.0 Å². The summed E-state index contributed by atoms with van der Waals surface area (Å²) in [6.45, 7) is 1.14. The number of nitrogens with zero attached hydrogens (tertiary/aromatic N) is 3. The van der Waals surface area contributed by atoms with E-state index in [1.807, 2.05) is 41.6 Å². The predicted molar refractivity (Wildman–Crippen MR) is 172 cm³/mol. The fraction of sp³-hybridized carbons (Fsp3) is 0.441. The van der Waals surface area contributed by atoms with Crippen LogP contribution in [0.2, 0.25) is 5.02 Å². The lowest BCUT2D eigenvalue weighted by molar-refractivity contribution is -0.136. The van der Waals surface area contributed by atoms with Crippen molar-refractivity contribution in [1.82, 2.24) is 19.8 Å². The van der Waals surface area contributed by atoms with Crippen molar-refractivity contribution < 1.29 is 9.90 Å². The van der Waals surface area contributed by atoms with Crippen LogP contribution in [0.1, 0.15) is 54.7 Å². The zero-order valence-electron chi connectivity index (χ0n) is 24.4. The van der Waals surface area contributed by atoms with Crippen LogP contribution < -0.4 is 10.9 Å². The number of carbonyl (C=O) groups excluding carboxylic acids is 1. The number of fused-ring (bicyclic) bond motifs is 2. The lowest BCUT2D eigenvalue weighted by Crippen LogP contribution is -2.49. The van der Waals surface area contributed by atoms with Crippen LogP contribution in [-0.4, -0.2) is 57.2 Å². The van der Waals surface area contributed by atoms with Crippen molar-refractivity contribution >= 4 is 39.7 Å². The molecule has 1 amide bonds. The van der Waals surface area contributed by atoms with Gasteiger partial charge in [-0.15, -0.1) is 11.3 Å². The number of aliphatic hydroxyl groups is 1. The first-order valence-electron chi connectivity index (χ1n) is 15.3. The van der Waals surface area contributed by atoms with Gasteiger partial charge in [-0.1, -0.05) is 41.9 Å². The normalized spacial score (nSPS) is 20.3. The van der Waals surface area contributed by atoms with E-state index in [2.05, 4.69) is 23.5 Å². The number of halogens is 1. The van der Waals surface area contributed by atoms with E-state index >= 15 is 0 Å². The standard InChI is InChI=1S/C34H37ClN4O3S/c1-36-25-14-23-13-24(15-29(35)27(23)16-25)32-31-28(18-43-32)33(41)39(20-37-31)19-34(42)9-11-38(12-10-34)30(40)17-26(22-7-8-22)21-5-3-2-4-6-21/h2-6,13,15,18,20,22,25-26,36,42H,7-12,14,16-17,19H2,1H3. The van der Waals surface area contributed by atoms with Crippen LogP contribution in [0.3, 0.4) is 0 Å². The van der Waals surface area contributed by atoms with E-state index in [1.165, 1.54) is 45.4 Å². The molecule has 43 heavy (non-hydrogen) atoms. The molecule has 7 rings (SSSR count). The summed E-state index contributed by atoms with van der Waals surface area (Å²) in [6.07, 6.45) is 7.15. The van der Waals surface area contributed by atoms with Gasteiger partial charge in [0.1, 0.15) is 0 Å². The monoisotopic (exact) mass is 616 g/mol. The molecule has 3 heterocycles. The van der Waals surface area contributed by atoms with Crippen molar-refractivity contribution in [1.29, 1.82) is 0 Å². The molecule has 2 N–H and O–H groups in total. The molecule has 1 aliphatic heterocycles. The minimum absolute atomic E-state index is 0.155. The van der Waals surface area contributed by atoms with E-state index in [1.54, 1.807) is 6.33 Å². The lowest BCUT2D eigenvalue weighted by atomic mass is 9.88. The summed E-state index contributed by atoms with van der Waals surface area (Å²) >= 11 is 8.18. The summed E-state index contributed by atoms with van der Waals surface area (Å²) in [5.74, 6) is 1.01. The Morgan fingerprint density at radius 1 is 1.19 bits per heavy atom. The topological polar surface area (TPSA) is 87.5 Å². The summed E-state index contributed by atoms with van der Waals surface area (Å²) in [5.41, 5.74) is 4.11. The minimum Gasteiger partial charge on any atom is -0.388 e. The van der Waals surface area contributed by atoms with Crippen molar-refractivity contribution in [3.63, 3.8) is 0 Å². The van der Waals surface area contributed by atoms with Gasteiger partial charge in [-0.05, 0) is 91.8 Å². The van der Waals surface area contributed by atoms with Crippen molar-refractivity contribution in [2.75, 3.05) is 20.1 Å². The Kier molecular flexibility index (Phi) is 7.66. The minimum atomic E-state index is -1.07. The molecule has 3 aliphatic rings. The molecule has 2 aromatic carbocycles. The van der Waals surface area contributed by atoms with Gasteiger partial charge in [0.2, 0.25) is 5.91 Å². The van der Waals surface area contributed by atoms with Crippen LogP contribution in [0.4, 0.5) is 0 Å². The summed E-state index contributed by atoms with van der Waals surface area (Å²) in [6, 6.07) is 14.9. The predicted octanol–water partition coefficient (Wildman–Crippen LogP) is 5.40. The van der Waals surface area contributed by atoms with Gasteiger partial charge in [-0.3, -0.25) is 14.2 Å². The zero-order chi connectivity index (χ0) is 29.7. The Hall–Kier alpha value is -3.04. The van der Waals surface area contributed by atoms with Gasteiger partial charge in [0, 0.05) is 36.0 Å². The number of amides is 1. The smallest absolute Gasteiger partial charge is 0.262 e. The Balaban J connectivity index is 1.04. The van der Waals surface area contributed by atoms with Crippen molar-refractivity contribution in [3.05, 3.63) is 86.2 Å². The molecule has 2 unspecified atom stereocenters. The maximum atomic E-state index is 13.5. The van der Waals surface area contributed by atoms with Gasteiger partial charge >= 0.3 is 0 Å². The fourth-order valence-electron chi connectivity index (χ4n) is 7.03. The zero-order valence-corrected chi connectivity index (χ0v) is 26.0. The number of carbonyl (C=O) groups is 1. The van der Waals surface area contributed by atoms with E-state index < -0.39 is 5.60 Å². The molecular formula is C34H37ClN4O3S. The van der Waals surface area contributed by atoms with E-state index in [-0.39, 0.29) is 23.9 Å². The molecule has 2 aromatic heterocycles. The molecule has 0 spiro atoms. The Labute approximate surface area is 260 Å². The van der Waals surface area contributed by atoms with Crippen LogP contribution >= 0.6 is 22.9 Å². The second-order valence-corrected chi connectivity index (χ2v) is 13.9. The molecule has 1 saturated carbocycles. The molecule has 1 saturated heterocycles. The number of hydrogen-bond acceptors (Lipinski definition) is 6. The summed E-state index contributed by atoms with van der Waals surface area (Å²) in [5, 5.41) is 18.0. The number of thiophene rings is 1. The van der Waals surface area contributed by atoms with Crippen molar-refractivity contribution in [3.8, 4) is 10.4 Å². The summed E-state index contributed by atoms with van der Waals surface area (Å²) in [4.78, 5) is 34.4. The number of rotatable bonds is 8. The van der Waals surface area contributed by atoms with Crippen molar-refractivity contribution in [2.45, 2.75) is 69.1 Å². The number of likely N-dealkylation sites (tertiary alicyclic amines) is 1. The molecule has 2 fully saturated rings. The first-order valence-corrected chi connectivity index (χ1v) is 16.6. The maximum Gasteiger partial charge on any atom is 0.262 e. The number of aromatic nitrogens is 2. The van der Waals surface area contributed by atoms with E-state index in [4.69, 9.17) is 16.6 Å². The molecule has 9 heteroatoms. The van der Waals surface area contributed by atoms with Gasteiger partial charge in [-0.2, -0.15) is 0 Å². The third kappa shape index (κ3) is 5.66. The van der Waals surface area contributed by atoms with Crippen LogP contribution in [0, 0.1) is 5.92 Å². The quantitative estimate of drug-likeness (QED) is 0.277. The first-order chi connectivity index (χ1) is 20.8. The third-order valence-corrected chi connectivity index (χ3v) is 11.1. The Morgan fingerprint density at radius 2 is 1.95 bits per heavy atom. The largest absolute Gasteiger partial charge is 0.388 e. The average Bonchev–Trinajstić information content (AvgIpc) is 3.61. The van der Waals surface area contributed by atoms with Gasteiger partial charge < -0.3 is 15.3 Å². The highest BCUT2D eigenvalue weighted by atomic mass is 35.5. The van der Waals surface area contributed by atoms with Gasteiger partial charge in [-0.25, -0.2) is 4.98 Å². The van der Waals surface area contributed by atoms with Gasteiger partial charge in [0.25, 0.3) is 5.56 Å². The molecule has 0 bridgehead atoms.